The van der Waals surface area contributed by atoms with Gasteiger partial charge in [-0.15, -0.1) is 0 Å². The maximum absolute atomic E-state index is 12.9. The number of ether oxygens (including phenoxy) is 1. The van der Waals surface area contributed by atoms with Crippen molar-refractivity contribution in [2.24, 2.45) is 0 Å². The molecule has 4 nitrogen and oxygen atoms in total. The van der Waals surface area contributed by atoms with Crippen molar-refractivity contribution in [3.8, 4) is 0 Å². The molecule has 0 N–H and O–H groups in total. The molecule has 0 bridgehead atoms. The highest BCUT2D eigenvalue weighted by Crippen LogP contribution is 2.41. The van der Waals surface area contributed by atoms with E-state index in [1.54, 1.807) is 20.8 Å². The molecule has 0 saturated heterocycles. The normalized spacial score (nSPS) is 16.3. The zero-order valence-corrected chi connectivity index (χ0v) is 11.6. The fourth-order valence-electron chi connectivity index (χ4n) is 1.86. The summed E-state index contributed by atoms with van der Waals surface area (Å²) in [5.74, 6) is -0.635. The van der Waals surface area contributed by atoms with Crippen LogP contribution in [-0.4, -0.2) is 21.4 Å². The van der Waals surface area contributed by atoms with Crippen LogP contribution in [0.2, 0.25) is 0 Å². The number of halogens is 3. The fourth-order valence-corrected chi connectivity index (χ4v) is 1.86. The molecule has 0 radical (unpaired) electrons. The van der Waals surface area contributed by atoms with E-state index in [0.717, 1.165) is 18.9 Å². The smallest absolute Gasteiger partial charge is 0.433 e. The number of nitrogens with zero attached hydrogens (tertiary/aromatic N) is 2. The van der Waals surface area contributed by atoms with Gasteiger partial charge in [-0.3, -0.25) is 4.79 Å². The van der Waals surface area contributed by atoms with E-state index in [0.29, 0.717) is 10.4 Å². The number of rotatable bonds is 3. The topological polar surface area (TPSA) is 44.1 Å². The summed E-state index contributed by atoms with van der Waals surface area (Å²) in [6.07, 6.45) is -2.83. The van der Waals surface area contributed by atoms with Crippen molar-refractivity contribution in [3.63, 3.8) is 0 Å². The predicted molar refractivity (Wildman–Crippen MR) is 65.0 cm³/mol. The van der Waals surface area contributed by atoms with Crippen LogP contribution in [0, 0.1) is 0 Å². The summed E-state index contributed by atoms with van der Waals surface area (Å²) in [5.41, 5.74) is -1.23. The van der Waals surface area contributed by atoms with Crippen LogP contribution in [0.3, 0.4) is 0 Å². The van der Waals surface area contributed by atoms with Crippen LogP contribution in [0.1, 0.15) is 50.9 Å². The first-order valence-electron chi connectivity index (χ1n) is 6.43. The zero-order valence-electron chi connectivity index (χ0n) is 11.6. The van der Waals surface area contributed by atoms with Crippen molar-refractivity contribution in [3.05, 3.63) is 17.5 Å². The minimum atomic E-state index is -4.53. The largest absolute Gasteiger partial charge is 0.459 e. The van der Waals surface area contributed by atoms with Gasteiger partial charge in [0.25, 0.3) is 0 Å². The number of carbonyl (C=O) groups is 1. The van der Waals surface area contributed by atoms with Crippen molar-refractivity contribution >= 4 is 5.97 Å². The number of alkyl halides is 3. The first kappa shape index (κ1) is 14.9. The summed E-state index contributed by atoms with van der Waals surface area (Å²) >= 11 is 0. The van der Waals surface area contributed by atoms with E-state index in [1.165, 1.54) is 0 Å². The molecule has 0 aromatic carbocycles. The SMILES string of the molecule is CC(C)(C)OC(=O)Cn1nc(C2CC2)cc1C(F)(F)F. The summed E-state index contributed by atoms with van der Waals surface area (Å²) in [6, 6.07) is 1.03. The van der Waals surface area contributed by atoms with Crippen molar-refractivity contribution in [1.29, 1.82) is 0 Å². The number of aromatic nitrogens is 2. The van der Waals surface area contributed by atoms with Crippen LogP contribution in [-0.2, 0) is 22.3 Å². The Labute approximate surface area is 114 Å². The minimum absolute atomic E-state index is 0.0935. The molecule has 1 fully saturated rings. The van der Waals surface area contributed by atoms with Crippen LogP contribution in [0.25, 0.3) is 0 Å². The molecule has 0 amide bonds. The van der Waals surface area contributed by atoms with E-state index in [2.05, 4.69) is 5.10 Å². The maximum atomic E-state index is 12.9. The molecule has 1 aliphatic carbocycles. The third-order valence-electron chi connectivity index (χ3n) is 2.78. The lowest BCUT2D eigenvalue weighted by molar-refractivity contribution is -0.158. The standard InChI is InChI=1S/C13H17F3N2O2/c1-12(2,3)20-11(19)7-18-10(13(14,15)16)6-9(17-18)8-4-5-8/h6,8H,4-5,7H2,1-3H3. The third-order valence-corrected chi connectivity index (χ3v) is 2.78. The average molecular weight is 290 g/mol. The van der Waals surface area contributed by atoms with Gasteiger partial charge in [0.1, 0.15) is 17.8 Å². The fraction of sp³-hybridized carbons (Fsp3) is 0.692. The van der Waals surface area contributed by atoms with Gasteiger partial charge in [-0.25, -0.2) is 4.68 Å². The van der Waals surface area contributed by atoms with Gasteiger partial charge in [-0.2, -0.15) is 18.3 Å². The molecule has 1 aromatic heterocycles. The predicted octanol–water partition coefficient (Wildman–Crippen LogP) is 3.12. The van der Waals surface area contributed by atoms with Crippen LogP contribution >= 0.6 is 0 Å². The lowest BCUT2D eigenvalue weighted by Gasteiger charge is -2.20. The first-order chi connectivity index (χ1) is 9.06. The monoisotopic (exact) mass is 290 g/mol. The van der Waals surface area contributed by atoms with Crippen molar-refractivity contribution in [2.45, 2.75) is 57.9 Å². The second-order valence-corrected chi connectivity index (χ2v) is 5.97. The summed E-state index contributed by atoms with van der Waals surface area (Å²) in [4.78, 5) is 11.7. The van der Waals surface area contributed by atoms with Gasteiger partial charge < -0.3 is 4.74 Å². The lowest BCUT2D eigenvalue weighted by Crippen LogP contribution is -2.28. The van der Waals surface area contributed by atoms with E-state index in [9.17, 15) is 18.0 Å². The van der Waals surface area contributed by atoms with Crippen LogP contribution in [0.15, 0.2) is 6.07 Å². The van der Waals surface area contributed by atoms with Gasteiger partial charge in [0.05, 0.1) is 5.69 Å². The second-order valence-electron chi connectivity index (χ2n) is 5.97. The maximum Gasteiger partial charge on any atom is 0.433 e. The summed E-state index contributed by atoms with van der Waals surface area (Å²) < 4.78 is 44.5. The zero-order chi connectivity index (χ0) is 15.1. The number of esters is 1. The summed E-state index contributed by atoms with van der Waals surface area (Å²) in [6.45, 7) is 4.45. The quantitative estimate of drug-likeness (QED) is 0.803. The van der Waals surface area contributed by atoms with Crippen LogP contribution in [0.4, 0.5) is 13.2 Å². The third kappa shape index (κ3) is 3.74. The molecule has 2 rings (SSSR count). The van der Waals surface area contributed by atoms with Crippen molar-refractivity contribution < 1.29 is 22.7 Å². The van der Waals surface area contributed by atoms with E-state index >= 15 is 0 Å². The Morgan fingerprint density at radius 2 is 2.00 bits per heavy atom. The molecule has 1 saturated carbocycles. The molecular formula is C13H17F3N2O2. The molecule has 1 aromatic rings. The van der Waals surface area contributed by atoms with E-state index in [-0.39, 0.29) is 5.92 Å². The van der Waals surface area contributed by atoms with E-state index in [1.807, 2.05) is 0 Å². The van der Waals surface area contributed by atoms with Crippen molar-refractivity contribution in [1.82, 2.24) is 9.78 Å². The van der Waals surface area contributed by atoms with Gasteiger partial charge in [-0.1, -0.05) is 0 Å². The summed E-state index contributed by atoms with van der Waals surface area (Å²) in [7, 11) is 0. The number of hydrogen-bond donors (Lipinski definition) is 0. The Morgan fingerprint density at radius 3 is 2.45 bits per heavy atom. The Morgan fingerprint density at radius 1 is 1.40 bits per heavy atom. The van der Waals surface area contributed by atoms with Crippen LogP contribution < -0.4 is 0 Å². The Hall–Kier alpha value is -1.53. The Bertz CT molecular complexity index is 511. The van der Waals surface area contributed by atoms with Crippen LogP contribution in [0.5, 0.6) is 0 Å². The van der Waals surface area contributed by atoms with Gasteiger partial charge >= 0.3 is 12.1 Å². The first-order valence-corrected chi connectivity index (χ1v) is 6.43. The molecule has 0 atom stereocenters. The molecular weight excluding hydrogens is 273 g/mol. The second kappa shape index (κ2) is 4.79. The lowest BCUT2D eigenvalue weighted by atomic mass is 10.2. The average Bonchev–Trinajstić information content (AvgIpc) is 2.96. The van der Waals surface area contributed by atoms with E-state index < -0.39 is 30.0 Å². The van der Waals surface area contributed by atoms with Gasteiger partial charge in [0.2, 0.25) is 0 Å². The molecule has 112 valence electrons. The highest BCUT2D eigenvalue weighted by Gasteiger charge is 2.38. The van der Waals surface area contributed by atoms with Gasteiger partial charge in [-0.05, 0) is 39.7 Å². The molecule has 20 heavy (non-hydrogen) atoms. The molecule has 0 aliphatic heterocycles. The molecule has 1 aliphatic rings. The Kier molecular flexibility index (Phi) is 3.56. The molecule has 0 unspecified atom stereocenters. The molecule has 1 heterocycles. The number of hydrogen-bond acceptors (Lipinski definition) is 3. The highest BCUT2D eigenvalue weighted by molar-refractivity contribution is 5.69. The van der Waals surface area contributed by atoms with Crippen molar-refractivity contribution in [2.75, 3.05) is 0 Å². The Balaban J connectivity index is 2.19. The highest BCUT2D eigenvalue weighted by atomic mass is 19.4. The number of carbonyl (C=O) groups excluding carboxylic acids is 1. The molecule has 7 heteroatoms. The molecule has 0 spiro atoms. The van der Waals surface area contributed by atoms with Gasteiger partial charge in [0, 0.05) is 5.92 Å². The summed E-state index contributed by atoms with van der Waals surface area (Å²) in [5, 5.41) is 3.90. The van der Waals surface area contributed by atoms with E-state index in [4.69, 9.17) is 4.74 Å². The minimum Gasteiger partial charge on any atom is -0.459 e. The van der Waals surface area contributed by atoms with Gasteiger partial charge in [0.15, 0.2) is 0 Å².